The molecule has 1 fully saturated rings. The second kappa shape index (κ2) is 9.33. The van der Waals surface area contributed by atoms with E-state index in [1.165, 1.54) is 0 Å². The van der Waals surface area contributed by atoms with Crippen LogP contribution in [0.25, 0.3) is 0 Å². The van der Waals surface area contributed by atoms with Gasteiger partial charge in [-0.15, -0.1) is 0 Å². The lowest BCUT2D eigenvalue weighted by molar-refractivity contribution is -0.121. The van der Waals surface area contributed by atoms with Crippen molar-refractivity contribution >= 4 is 40.4 Å². The maximum absolute atomic E-state index is 12.4. The number of oxime groups is 2. The van der Waals surface area contributed by atoms with E-state index in [1.54, 1.807) is 18.2 Å². The monoisotopic (exact) mass is 379 g/mol. The summed E-state index contributed by atoms with van der Waals surface area (Å²) in [6.45, 7) is 1.85. The van der Waals surface area contributed by atoms with E-state index < -0.39 is 5.92 Å². The molecule has 7 nitrogen and oxygen atoms in total. The van der Waals surface area contributed by atoms with Gasteiger partial charge in [-0.3, -0.25) is 9.59 Å². The molecular weight excluding hydrogens is 358 g/mol. The molecule has 1 aliphatic rings. The summed E-state index contributed by atoms with van der Waals surface area (Å²) in [4.78, 5) is 24.4. The number of ketones is 1. The Morgan fingerprint density at radius 1 is 1.23 bits per heavy atom. The molecule has 1 unspecified atom stereocenters. The molecule has 0 bridgehead atoms. The molecule has 1 aliphatic carbocycles. The Kier molecular flexibility index (Phi) is 7.15. The van der Waals surface area contributed by atoms with Gasteiger partial charge < -0.3 is 15.7 Å². The molecule has 2 rings (SSSR count). The maximum Gasteiger partial charge on any atom is 0.224 e. The third kappa shape index (κ3) is 5.29. The van der Waals surface area contributed by atoms with E-state index >= 15 is 0 Å². The number of Topliss-reactive ketones (excluding diaryl/α,β-unsaturated/α-hetero) is 1. The number of nitrogens with one attached hydrogen (secondary N) is 1. The van der Waals surface area contributed by atoms with Gasteiger partial charge in [0.1, 0.15) is 5.78 Å². The van der Waals surface area contributed by atoms with Crippen LogP contribution in [-0.4, -0.2) is 33.5 Å². The molecule has 0 aliphatic heterocycles. The van der Waals surface area contributed by atoms with Gasteiger partial charge >= 0.3 is 0 Å². The number of carbonyl (C=O) groups is 2. The van der Waals surface area contributed by atoms with Crippen molar-refractivity contribution in [1.29, 1.82) is 0 Å². The molecule has 1 saturated carbocycles. The lowest BCUT2D eigenvalue weighted by Gasteiger charge is -2.22. The van der Waals surface area contributed by atoms with Gasteiger partial charge in [-0.05, 0) is 49.9 Å². The number of halogens is 1. The highest BCUT2D eigenvalue weighted by Crippen LogP contribution is 2.23. The van der Waals surface area contributed by atoms with E-state index in [0.717, 1.165) is 5.56 Å². The molecule has 0 aromatic heterocycles. The average molecular weight is 380 g/mol. The molecule has 3 N–H and O–H groups in total. The van der Waals surface area contributed by atoms with E-state index in [0.29, 0.717) is 41.4 Å². The van der Waals surface area contributed by atoms with Crippen LogP contribution < -0.4 is 5.32 Å². The Bertz CT molecular complexity index is 746. The fourth-order valence-corrected chi connectivity index (χ4v) is 3.22. The standard InChI is InChI=1S/C18H22ClN3O4/c1-11-9-12(19)5-7-15(11)20-18(24)4-2-3-17(23)14-10-13(21-25)6-8-16(14)22-26/h5,7,9,14,25-26H,2-4,6,8,10H2,1H3,(H,20,24)/b21-13+,22-16+. The molecule has 26 heavy (non-hydrogen) atoms. The number of hydrogen-bond donors (Lipinski definition) is 3. The Morgan fingerprint density at radius 2 is 2.00 bits per heavy atom. The third-order valence-electron chi connectivity index (χ3n) is 4.46. The second-order valence-electron chi connectivity index (χ2n) is 6.34. The van der Waals surface area contributed by atoms with Crippen molar-refractivity contribution < 1.29 is 20.0 Å². The normalized spacial score (nSPS) is 20.3. The Hall–Kier alpha value is -2.41. The number of amides is 1. The van der Waals surface area contributed by atoms with E-state index in [1.807, 2.05) is 6.92 Å². The Morgan fingerprint density at radius 3 is 2.65 bits per heavy atom. The van der Waals surface area contributed by atoms with Gasteiger partial charge in [-0.25, -0.2) is 0 Å². The molecule has 1 aromatic rings. The third-order valence-corrected chi connectivity index (χ3v) is 4.69. The van der Waals surface area contributed by atoms with Crippen LogP contribution in [0.2, 0.25) is 5.02 Å². The SMILES string of the molecule is Cc1cc(Cl)ccc1NC(=O)CCCC(=O)C1C/C(=N/O)CC/C1=N\O. The van der Waals surface area contributed by atoms with Crippen LogP contribution in [0.3, 0.4) is 0 Å². The van der Waals surface area contributed by atoms with Crippen molar-refractivity contribution in [3.63, 3.8) is 0 Å². The first-order valence-electron chi connectivity index (χ1n) is 8.44. The minimum Gasteiger partial charge on any atom is -0.411 e. The van der Waals surface area contributed by atoms with Crippen molar-refractivity contribution in [2.75, 3.05) is 5.32 Å². The van der Waals surface area contributed by atoms with E-state index in [-0.39, 0.29) is 31.0 Å². The fourth-order valence-electron chi connectivity index (χ4n) is 2.99. The number of nitrogens with zero attached hydrogens (tertiary/aromatic N) is 2. The molecule has 1 atom stereocenters. The largest absolute Gasteiger partial charge is 0.411 e. The van der Waals surface area contributed by atoms with Crippen molar-refractivity contribution in [3.05, 3.63) is 28.8 Å². The first-order valence-corrected chi connectivity index (χ1v) is 8.81. The number of anilines is 1. The van der Waals surface area contributed by atoms with Crippen LogP contribution in [-0.2, 0) is 9.59 Å². The number of rotatable bonds is 6. The summed E-state index contributed by atoms with van der Waals surface area (Å²) < 4.78 is 0. The maximum atomic E-state index is 12.4. The van der Waals surface area contributed by atoms with Gasteiger partial charge in [0.15, 0.2) is 0 Å². The van der Waals surface area contributed by atoms with Crippen molar-refractivity contribution in [3.8, 4) is 0 Å². The van der Waals surface area contributed by atoms with Crippen molar-refractivity contribution in [1.82, 2.24) is 0 Å². The summed E-state index contributed by atoms with van der Waals surface area (Å²) in [5.41, 5.74) is 2.48. The first kappa shape index (κ1) is 19.9. The Balaban J connectivity index is 1.84. The summed E-state index contributed by atoms with van der Waals surface area (Å²) in [6.07, 6.45) is 1.90. The summed E-state index contributed by atoms with van der Waals surface area (Å²) in [5.74, 6) is -0.879. The summed E-state index contributed by atoms with van der Waals surface area (Å²) >= 11 is 5.89. The highest BCUT2D eigenvalue weighted by atomic mass is 35.5. The minimum atomic E-state index is -0.582. The molecule has 0 heterocycles. The highest BCUT2D eigenvalue weighted by molar-refractivity contribution is 6.30. The molecule has 0 saturated heterocycles. The molecule has 1 amide bonds. The van der Waals surface area contributed by atoms with Crippen LogP contribution in [0.1, 0.15) is 44.1 Å². The fraction of sp³-hybridized carbons (Fsp3) is 0.444. The lowest BCUT2D eigenvalue weighted by Crippen LogP contribution is -2.31. The first-order chi connectivity index (χ1) is 12.4. The smallest absolute Gasteiger partial charge is 0.224 e. The topological polar surface area (TPSA) is 111 Å². The average Bonchev–Trinajstić information content (AvgIpc) is 2.63. The quantitative estimate of drug-likeness (QED) is 0.515. The van der Waals surface area contributed by atoms with Gasteiger partial charge in [-0.2, -0.15) is 0 Å². The van der Waals surface area contributed by atoms with Crippen LogP contribution in [0.5, 0.6) is 0 Å². The predicted molar refractivity (Wildman–Crippen MR) is 99.5 cm³/mol. The van der Waals surface area contributed by atoms with E-state index in [2.05, 4.69) is 15.6 Å². The van der Waals surface area contributed by atoms with Gasteiger partial charge in [0, 0.05) is 30.0 Å². The summed E-state index contributed by atoms with van der Waals surface area (Å²) in [5, 5.41) is 27.7. The van der Waals surface area contributed by atoms with Crippen molar-refractivity contribution in [2.24, 2.45) is 16.2 Å². The molecule has 1 aromatic carbocycles. The van der Waals surface area contributed by atoms with Gasteiger partial charge in [0.05, 0.1) is 17.3 Å². The van der Waals surface area contributed by atoms with Crippen LogP contribution in [0, 0.1) is 12.8 Å². The summed E-state index contributed by atoms with van der Waals surface area (Å²) in [6, 6.07) is 5.20. The van der Waals surface area contributed by atoms with Gasteiger partial charge in [0.2, 0.25) is 5.91 Å². The van der Waals surface area contributed by atoms with E-state index in [4.69, 9.17) is 22.0 Å². The van der Waals surface area contributed by atoms with Crippen LogP contribution >= 0.6 is 11.6 Å². The highest BCUT2D eigenvalue weighted by Gasteiger charge is 2.30. The number of aryl methyl sites for hydroxylation is 1. The number of benzene rings is 1. The van der Waals surface area contributed by atoms with Gasteiger partial charge in [0.25, 0.3) is 0 Å². The Labute approximate surface area is 156 Å². The number of hydrogen-bond acceptors (Lipinski definition) is 6. The number of carbonyl (C=O) groups excluding carboxylic acids is 2. The van der Waals surface area contributed by atoms with Crippen molar-refractivity contribution in [2.45, 2.75) is 45.4 Å². The molecule has 0 spiro atoms. The zero-order chi connectivity index (χ0) is 19.1. The summed E-state index contributed by atoms with van der Waals surface area (Å²) in [7, 11) is 0. The lowest BCUT2D eigenvalue weighted by atomic mass is 9.82. The van der Waals surface area contributed by atoms with E-state index in [9.17, 15) is 9.59 Å². The molecule has 140 valence electrons. The second-order valence-corrected chi connectivity index (χ2v) is 6.78. The molecule has 0 radical (unpaired) electrons. The minimum absolute atomic E-state index is 0.117. The van der Waals surface area contributed by atoms with Gasteiger partial charge in [-0.1, -0.05) is 21.9 Å². The zero-order valence-electron chi connectivity index (χ0n) is 14.5. The predicted octanol–water partition coefficient (Wildman–Crippen LogP) is 3.79. The van der Waals surface area contributed by atoms with Crippen LogP contribution in [0.15, 0.2) is 28.5 Å². The zero-order valence-corrected chi connectivity index (χ0v) is 15.3. The van der Waals surface area contributed by atoms with Crippen LogP contribution in [0.4, 0.5) is 5.69 Å². The molecular formula is C18H22ClN3O4. The molecule has 8 heteroatoms.